The Morgan fingerprint density at radius 1 is 0.550 bits per heavy atom. The van der Waals surface area contributed by atoms with Crippen molar-refractivity contribution in [2.45, 2.75) is 13.3 Å². The lowest BCUT2D eigenvalue weighted by Crippen LogP contribution is -2.08. The van der Waals surface area contributed by atoms with E-state index in [1.165, 1.54) is 0 Å². The fourth-order valence-corrected chi connectivity index (χ4v) is 4.42. The van der Waals surface area contributed by atoms with Crippen LogP contribution >= 0.6 is 0 Å². The Bertz CT molecular complexity index is 1720. The summed E-state index contributed by atoms with van der Waals surface area (Å²) in [5, 5.41) is 0. The van der Waals surface area contributed by atoms with Gasteiger partial charge in [0.25, 0.3) is 0 Å². The number of methoxy groups -OCH3 is 1. The number of H-pyrrole nitrogens is 2. The molecule has 0 saturated heterocycles. The predicted octanol–water partition coefficient (Wildman–Crippen LogP) is 7.03. The number of aromatic nitrogens is 4. The first-order valence-electron chi connectivity index (χ1n) is 13.3. The molecule has 2 N–H and O–H groups in total. The number of hydrogen-bond acceptors (Lipinski definition) is 6. The summed E-state index contributed by atoms with van der Waals surface area (Å²) < 4.78 is 22.8. The number of hydrogen-bond donors (Lipinski definition) is 2. The van der Waals surface area contributed by atoms with E-state index in [9.17, 15) is 0 Å². The minimum atomic E-state index is 0.428. The van der Waals surface area contributed by atoms with Gasteiger partial charge in [0.05, 0.1) is 35.8 Å². The van der Waals surface area contributed by atoms with Crippen molar-refractivity contribution in [2.75, 3.05) is 26.9 Å². The zero-order chi connectivity index (χ0) is 27.3. The molecule has 2 aromatic heterocycles. The van der Waals surface area contributed by atoms with Gasteiger partial charge in [-0.15, -0.1) is 0 Å². The first kappa shape index (κ1) is 25.3. The summed E-state index contributed by atoms with van der Waals surface area (Å²) in [5.74, 6) is 4.80. The van der Waals surface area contributed by atoms with Crippen LogP contribution < -0.4 is 18.9 Å². The highest BCUT2D eigenvalue weighted by Crippen LogP contribution is 2.27. The summed E-state index contributed by atoms with van der Waals surface area (Å²) in [5.41, 5.74) is 5.65. The molecule has 0 spiro atoms. The van der Waals surface area contributed by atoms with E-state index in [2.05, 4.69) is 21.9 Å². The van der Waals surface area contributed by atoms with Gasteiger partial charge >= 0.3 is 0 Å². The summed E-state index contributed by atoms with van der Waals surface area (Å²) in [6.07, 6.45) is 0.973. The van der Waals surface area contributed by atoms with E-state index >= 15 is 0 Å². The molecule has 0 unspecified atom stereocenters. The Labute approximate surface area is 231 Å². The molecule has 0 radical (unpaired) electrons. The van der Waals surface area contributed by atoms with Gasteiger partial charge in [0.2, 0.25) is 0 Å². The van der Waals surface area contributed by atoms with Crippen molar-refractivity contribution < 1.29 is 18.9 Å². The van der Waals surface area contributed by atoms with Gasteiger partial charge in [0.15, 0.2) is 0 Å². The fraction of sp³-hybridized carbons (Fsp3) is 0.188. The largest absolute Gasteiger partial charge is 0.497 e. The highest BCUT2D eigenvalue weighted by molar-refractivity contribution is 5.81. The van der Waals surface area contributed by atoms with Crippen LogP contribution in [0.15, 0.2) is 84.9 Å². The zero-order valence-corrected chi connectivity index (χ0v) is 22.4. The highest BCUT2D eigenvalue weighted by atomic mass is 16.5. The fourth-order valence-electron chi connectivity index (χ4n) is 4.42. The van der Waals surface area contributed by atoms with Crippen molar-refractivity contribution in [2.24, 2.45) is 0 Å². The monoisotopic (exact) mass is 534 g/mol. The molecule has 4 aromatic carbocycles. The van der Waals surface area contributed by atoms with Crippen LogP contribution in [0.25, 0.3) is 44.8 Å². The number of nitrogens with one attached hydrogen (secondary N) is 2. The molecule has 0 atom stereocenters. The lowest BCUT2D eigenvalue weighted by molar-refractivity contribution is 0.217. The van der Waals surface area contributed by atoms with Crippen molar-refractivity contribution in [3.8, 4) is 45.8 Å². The Hall–Kier alpha value is -4.98. The molecule has 202 valence electrons. The Morgan fingerprint density at radius 3 is 1.50 bits per heavy atom. The maximum absolute atomic E-state index is 5.88. The second-order valence-corrected chi connectivity index (χ2v) is 9.33. The van der Waals surface area contributed by atoms with E-state index in [1.807, 2.05) is 84.9 Å². The number of imidazole rings is 2. The van der Waals surface area contributed by atoms with Gasteiger partial charge in [0, 0.05) is 23.3 Å². The Kier molecular flexibility index (Phi) is 7.22. The van der Waals surface area contributed by atoms with Crippen molar-refractivity contribution in [3.05, 3.63) is 84.9 Å². The van der Waals surface area contributed by atoms with Crippen molar-refractivity contribution in [1.82, 2.24) is 19.9 Å². The first-order chi connectivity index (χ1) is 19.7. The third-order valence-electron chi connectivity index (χ3n) is 6.49. The molecule has 2 heterocycles. The van der Waals surface area contributed by atoms with E-state index in [-0.39, 0.29) is 0 Å². The molecule has 6 rings (SSSR count). The Morgan fingerprint density at radius 2 is 1.00 bits per heavy atom. The molecular weight excluding hydrogens is 504 g/mol. The normalized spacial score (nSPS) is 11.2. The molecule has 0 aliphatic carbocycles. The standard InChI is InChI=1S/C32H30N4O4/c1-3-16-38-26-13-15-28-30(20-26)36-32(34-28)22-6-10-24(11-7-22)40-18-17-39-23-8-4-21(5-9-23)31-33-27-14-12-25(37-2)19-29(27)35-31/h4-15,19-20H,3,16-18H2,1-2H3,(H,33,35)(H,34,36). The van der Waals surface area contributed by atoms with E-state index in [0.717, 1.165) is 74.3 Å². The number of benzene rings is 4. The third-order valence-corrected chi connectivity index (χ3v) is 6.49. The maximum atomic E-state index is 5.88. The number of fused-ring (bicyclic) bond motifs is 2. The van der Waals surface area contributed by atoms with E-state index in [4.69, 9.17) is 23.9 Å². The molecular formula is C32H30N4O4. The van der Waals surface area contributed by atoms with Crippen LogP contribution in [0, 0.1) is 0 Å². The molecule has 0 fully saturated rings. The molecule has 0 bridgehead atoms. The van der Waals surface area contributed by atoms with Crippen LogP contribution in [0.3, 0.4) is 0 Å². The van der Waals surface area contributed by atoms with Crippen molar-refractivity contribution in [1.29, 1.82) is 0 Å². The summed E-state index contributed by atoms with van der Waals surface area (Å²) in [7, 11) is 1.65. The van der Waals surface area contributed by atoms with Gasteiger partial charge in [0.1, 0.15) is 47.9 Å². The second-order valence-electron chi connectivity index (χ2n) is 9.33. The minimum absolute atomic E-state index is 0.428. The minimum Gasteiger partial charge on any atom is -0.497 e. The lowest BCUT2D eigenvalue weighted by atomic mass is 10.2. The van der Waals surface area contributed by atoms with Crippen LogP contribution in [-0.2, 0) is 0 Å². The van der Waals surface area contributed by atoms with Crippen LogP contribution in [0.2, 0.25) is 0 Å². The van der Waals surface area contributed by atoms with Crippen LogP contribution in [0.1, 0.15) is 13.3 Å². The SMILES string of the molecule is CCCOc1ccc2nc(-c3ccc(OCCOc4ccc(-c5nc6ccc(OC)cc6[nH]5)cc4)cc3)[nH]c2c1. The number of ether oxygens (including phenoxy) is 4. The molecule has 8 heteroatoms. The lowest BCUT2D eigenvalue weighted by Gasteiger charge is -2.09. The van der Waals surface area contributed by atoms with Gasteiger partial charge in [-0.25, -0.2) is 9.97 Å². The number of nitrogens with zero attached hydrogens (tertiary/aromatic N) is 2. The molecule has 0 aliphatic rings. The smallest absolute Gasteiger partial charge is 0.138 e. The summed E-state index contributed by atoms with van der Waals surface area (Å²) in [6.45, 7) is 3.65. The molecule has 8 nitrogen and oxygen atoms in total. The molecule has 0 amide bonds. The first-order valence-corrected chi connectivity index (χ1v) is 13.3. The van der Waals surface area contributed by atoms with Gasteiger partial charge < -0.3 is 28.9 Å². The quantitative estimate of drug-likeness (QED) is 0.173. The van der Waals surface area contributed by atoms with E-state index < -0.39 is 0 Å². The number of rotatable bonds is 11. The summed E-state index contributed by atoms with van der Waals surface area (Å²) >= 11 is 0. The number of aromatic amines is 2. The van der Waals surface area contributed by atoms with Gasteiger partial charge in [-0.05, 0) is 79.2 Å². The highest BCUT2D eigenvalue weighted by Gasteiger charge is 2.09. The molecule has 40 heavy (non-hydrogen) atoms. The van der Waals surface area contributed by atoms with Crippen molar-refractivity contribution >= 4 is 22.1 Å². The third kappa shape index (κ3) is 5.56. The summed E-state index contributed by atoms with van der Waals surface area (Å²) in [4.78, 5) is 16.1. The van der Waals surface area contributed by atoms with Crippen LogP contribution in [0.5, 0.6) is 23.0 Å². The van der Waals surface area contributed by atoms with Gasteiger partial charge in [-0.1, -0.05) is 6.92 Å². The molecule has 6 aromatic rings. The maximum Gasteiger partial charge on any atom is 0.138 e. The zero-order valence-electron chi connectivity index (χ0n) is 22.4. The average Bonchev–Trinajstić information content (AvgIpc) is 3.62. The Balaban J connectivity index is 1.01. The average molecular weight is 535 g/mol. The van der Waals surface area contributed by atoms with Crippen LogP contribution in [-0.4, -0.2) is 46.9 Å². The second kappa shape index (κ2) is 11.4. The van der Waals surface area contributed by atoms with E-state index in [0.29, 0.717) is 19.8 Å². The summed E-state index contributed by atoms with van der Waals surface area (Å²) in [6, 6.07) is 27.4. The van der Waals surface area contributed by atoms with Crippen molar-refractivity contribution in [3.63, 3.8) is 0 Å². The van der Waals surface area contributed by atoms with E-state index in [1.54, 1.807) is 7.11 Å². The van der Waals surface area contributed by atoms with Crippen LogP contribution in [0.4, 0.5) is 0 Å². The van der Waals surface area contributed by atoms with Gasteiger partial charge in [-0.3, -0.25) is 0 Å². The predicted molar refractivity (Wildman–Crippen MR) is 156 cm³/mol. The molecule has 0 saturated carbocycles. The topological polar surface area (TPSA) is 94.3 Å². The van der Waals surface area contributed by atoms with Gasteiger partial charge in [-0.2, -0.15) is 0 Å². The molecule has 0 aliphatic heterocycles.